The maximum Gasteiger partial charge on any atom is 0.0468 e. The fourth-order valence-electron chi connectivity index (χ4n) is 3.92. The van der Waals surface area contributed by atoms with Gasteiger partial charge in [0.25, 0.3) is 0 Å². The van der Waals surface area contributed by atoms with Gasteiger partial charge in [0.15, 0.2) is 0 Å². The minimum atomic E-state index is 0.676. The second-order valence-corrected chi connectivity index (χ2v) is 6.39. The van der Waals surface area contributed by atoms with E-state index >= 15 is 0 Å². The standard InChI is InChI=1S/C18H27NO/c1-2-19-18(11-14-7-9-20-10-8-14)17-12-15-5-3-4-6-16(15)13-17/h3-6,14,17-19H,2,7-13H2,1H3. The fourth-order valence-corrected chi connectivity index (χ4v) is 3.92. The third-order valence-electron chi connectivity index (χ3n) is 5.05. The molecule has 20 heavy (non-hydrogen) atoms. The van der Waals surface area contributed by atoms with Crippen LogP contribution in [0.25, 0.3) is 0 Å². The van der Waals surface area contributed by atoms with Crippen molar-refractivity contribution in [3.63, 3.8) is 0 Å². The van der Waals surface area contributed by atoms with Crippen LogP contribution in [0.1, 0.15) is 37.3 Å². The van der Waals surface area contributed by atoms with Gasteiger partial charge in [0.2, 0.25) is 0 Å². The summed E-state index contributed by atoms with van der Waals surface area (Å²) in [4.78, 5) is 0. The lowest BCUT2D eigenvalue weighted by Crippen LogP contribution is -2.39. The van der Waals surface area contributed by atoms with Gasteiger partial charge < -0.3 is 10.1 Å². The number of hydrogen-bond donors (Lipinski definition) is 1. The summed E-state index contributed by atoms with van der Waals surface area (Å²) in [5.41, 5.74) is 3.15. The average Bonchev–Trinajstić information content (AvgIpc) is 2.92. The van der Waals surface area contributed by atoms with Gasteiger partial charge in [-0.05, 0) is 61.6 Å². The molecule has 0 saturated carbocycles. The van der Waals surface area contributed by atoms with Crippen LogP contribution in [0.5, 0.6) is 0 Å². The molecule has 1 saturated heterocycles. The summed E-state index contributed by atoms with van der Waals surface area (Å²) in [6.45, 7) is 5.25. The molecule has 3 rings (SSSR count). The van der Waals surface area contributed by atoms with Crippen molar-refractivity contribution in [3.8, 4) is 0 Å². The van der Waals surface area contributed by atoms with Crippen LogP contribution in [0.3, 0.4) is 0 Å². The Morgan fingerprint density at radius 1 is 1.15 bits per heavy atom. The molecule has 2 nitrogen and oxygen atoms in total. The third kappa shape index (κ3) is 3.24. The smallest absolute Gasteiger partial charge is 0.0468 e. The lowest BCUT2D eigenvalue weighted by molar-refractivity contribution is 0.0581. The number of benzene rings is 1. The number of nitrogens with one attached hydrogen (secondary N) is 1. The van der Waals surface area contributed by atoms with Gasteiger partial charge in [-0.3, -0.25) is 0 Å². The molecule has 1 aliphatic heterocycles. The van der Waals surface area contributed by atoms with E-state index in [0.717, 1.165) is 31.6 Å². The molecular formula is C18H27NO. The Kier molecular flexibility index (Phi) is 4.74. The first kappa shape index (κ1) is 14.1. The molecule has 1 aromatic carbocycles. The first-order chi connectivity index (χ1) is 9.86. The van der Waals surface area contributed by atoms with Gasteiger partial charge in [0, 0.05) is 19.3 Å². The largest absolute Gasteiger partial charge is 0.381 e. The van der Waals surface area contributed by atoms with Crippen LogP contribution in [-0.4, -0.2) is 25.8 Å². The summed E-state index contributed by atoms with van der Waals surface area (Å²) >= 11 is 0. The molecule has 0 aromatic heterocycles. The minimum Gasteiger partial charge on any atom is -0.381 e. The van der Waals surface area contributed by atoms with Crippen molar-refractivity contribution >= 4 is 0 Å². The molecule has 1 aliphatic carbocycles. The predicted octanol–water partition coefficient (Wildman–Crippen LogP) is 3.20. The van der Waals surface area contributed by atoms with Gasteiger partial charge in [-0.1, -0.05) is 31.2 Å². The molecule has 0 amide bonds. The van der Waals surface area contributed by atoms with Gasteiger partial charge in [0.05, 0.1) is 0 Å². The molecule has 2 aliphatic rings. The third-order valence-corrected chi connectivity index (χ3v) is 5.05. The summed E-state index contributed by atoms with van der Waals surface area (Å²) in [5, 5.41) is 3.77. The second-order valence-electron chi connectivity index (χ2n) is 6.39. The normalized spacial score (nSPS) is 21.9. The zero-order valence-electron chi connectivity index (χ0n) is 12.6. The highest BCUT2D eigenvalue weighted by atomic mass is 16.5. The summed E-state index contributed by atoms with van der Waals surface area (Å²) in [7, 11) is 0. The molecule has 2 heteroatoms. The van der Waals surface area contributed by atoms with Gasteiger partial charge in [-0.25, -0.2) is 0 Å². The molecule has 1 atom stereocenters. The zero-order chi connectivity index (χ0) is 13.8. The molecule has 1 aromatic rings. The molecule has 1 unspecified atom stereocenters. The molecular weight excluding hydrogens is 246 g/mol. The Hall–Kier alpha value is -0.860. The van der Waals surface area contributed by atoms with E-state index in [1.165, 1.54) is 32.1 Å². The van der Waals surface area contributed by atoms with Crippen molar-refractivity contribution in [1.29, 1.82) is 0 Å². The van der Waals surface area contributed by atoms with Gasteiger partial charge in [-0.15, -0.1) is 0 Å². The van der Waals surface area contributed by atoms with Crippen LogP contribution >= 0.6 is 0 Å². The van der Waals surface area contributed by atoms with E-state index in [2.05, 4.69) is 36.5 Å². The lowest BCUT2D eigenvalue weighted by Gasteiger charge is -2.30. The molecule has 0 bridgehead atoms. The topological polar surface area (TPSA) is 21.3 Å². The Morgan fingerprint density at radius 2 is 1.80 bits per heavy atom. The van der Waals surface area contributed by atoms with Crippen molar-refractivity contribution in [2.24, 2.45) is 11.8 Å². The van der Waals surface area contributed by atoms with E-state index in [0.29, 0.717) is 6.04 Å². The van der Waals surface area contributed by atoms with Crippen LogP contribution in [0.15, 0.2) is 24.3 Å². The maximum absolute atomic E-state index is 5.50. The van der Waals surface area contributed by atoms with Gasteiger partial charge >= 0.3 is 0 Å². The van der Waals surface area contributed by atoms with E-state index < -0.39 is 0 Å². The summed E-state index contributed by atoms with van der Waals surface area (Å²) < 4.78 is 5.50. The lowest BCUT2D eigenvalue weighted by atomic mass is 9.85. The van der Waals surface area contributed by atoms with E-state index in [1.807, 2.05) is 0 Å². The van der Waals surface area contributed by atoms with Crippen molar-refractivity contribution in [3.05, 3.63) is 35.4 Å². The van der Waals surface area contributed by atoms with Crippen molar-refractivity contribution in [1.82, 2.24) is 5.32 Å². The molecule has 110 valence electrons. The SMILES string of the molecule is CCNC(CC1CCOCC1)C1Cc2ccccc2C1. The molecule has 0 radical (unpaired) electrons. The average molecular weight is 273 g/mol. The highest BCUT2D eigenvalue weighted by Crippen LogP contribution is 2.32. The van der Waals surface area contributed by atoms with Crippen molar-refractivity contribution in [2.45, 2.75) is 45.1 Å². The van der Waals surface area contributed by atoms with Crippen molar-refractivity contribution in [2.75, 3.05) is 19.8 Å². The zero-order valence-corrected chi connectivity index (χ0v) is 12.6. The highest BCUT2D eigenvalue weighted by Gasteiger charge is 2.30. The highest BCUT2D eigenvalue weighted by molar-refractivity contribution is 5.32. The van der Waals surface area contributed by atoms with Crippen molar-refractivity contribution < 1.29 is 4.74 Å². The van der Waals surface area contributed by atoms with E-state index in [-0.39, 0.29) is 0 Å². The second kappa shape index (κ2) is 6.73. The molecule has 1 fully saturated rings. The number of ether oxygens (including phenoxy) is 1. The molecule has 1 N–H and O–H groups in total. The predicted molar refractivity (Wildman–Crippen MR) is 83.0 cm³/mol. The van der Waals surface area contributed by atoms with Gasteiger partial charge in [0.1, 0.15) is 0 Å². The van der Waals surface area contributed by atoms with Crippen LogP contribution in [0, 0.1) is 11.8 Å². The van der Waals surface area contributed by atoms with Crippen LogP contribution in [0.2, 0.25) is 0 Å². The summed E-state index contributed by atoms with van der Waals surface area (Å²) in [6.07, 6.45) is 6.35. The monoisotopic (exact) mass is 273 g/mol. The number of fused-ring (bicyclic) bond motifs is 1. The number of hydrogen-bond acceptors (Lipinski definition) is 2. The van der Waals surface area contributed by atoms with Crippen LogP contribution in [-0.2, 0) is 17.6 Å². The Balaban J connectivity index is 1.62. The number of rotatable bonds is 5. The Labute approximate surface area is 122 Å². The van der Waals surface area contributed by atoms with Gasteiger partial charge in [-0.2, -0.15) is 0 Å². The van der Waals surface area contributed by atoms with Crippen LogP contribution in [0.4, 0.5) is 0 Å². The summed E-state index contributed by atoms with van der Waals surface area (Å²) in [6, 6.07) is 9.67. The maximum atomic E-state index is 5.50. The first-order valence-corrected chi connectivity index (χ1v) is 8.24. The molecule has 1 heterocycles. The summed E-state index contributed by atoms with van der Waals surface area (Å²) in [5.74, 6) is 1.65. The van der Waals surface area contributed by atoms with Crippen LogP contribution < -0.4 is 5.32 Å². The van der Waals surface area contributed by atoms with E-state index in [4.69, 9.17) is 4.74 Å². The molecule has 0 spiro atoms. The van der Waals surface area contributed by atoms with E-state index in [1.54, 1.807) is 11.1 Å². The quantitative estimate of drug-likeness (QED) is 0.889. The first-order valence-electron chi connectivity index (χ1n) is 8.24. The van der Waals surface area contributed by atoms with E-state index in [9.17, 15) is 0 Å². The Bertz CT molecular complexity index is 400. The minimum absolute atomic E-state index is 0.676. The fraction of sp³-hybridized carbons (Fsp3) is 0.667. The Morgan fingerprint density at radius 3 is 2.40 bits per heavy atom.